The fourth-order valence-corrected chi connectivity index (χ4v) is 2.30. The molecule has 102 valence electrons. The first-order chi connectivity index (χ1) is 9.11. The highest BCUT2D eigenvalue weighted by Crippen LogP contribution is 2.20. The van der Waals surface area contributed by atoms with Crippen LogP contribution in [0.25, 0.3) is 0 Å². The van der Waals surface area contributed by atoms with Crippen molar-refractivity contribution in [2.24, 2.45) is 5.92 Å². The molecule has 0 aliphatic carbocycles. The molecule has 0 saturated carbocycles. The molecule has 2 rings (SSSR count). The Bertz CT molecular complexity index is 486. The van der Waals surface area contributed by atoms with Crippen molar-refractivity contribution in [1.29, 1.82) is 0 Å². The number of carboxylic acid groups (broad SMARTS) is 1. The summed E-state index contributed by atoms with van der Waals surface area (Å²) >= 11 is 0. The van der Waals surface area contributed by atoms with Crippen LogP contribution >= 0.6 is 0 Å². The molecule has 5 heteroatoms. The maximum Gasteiger partial charge on any atom is 0.308 e. The third kappa shape index (κ3) is 3.05. The second kappa shape index (κ2) is 5.73. The number of carboxylic acids is 1. The number of amides is 1. The third-order valence-electron chi connectivity index (χ3n) is 3.37. The second-order valence-corrected chi connectivity index (χ2v) is 4.66. The molecule has 1 unspecified atom stereocenters. The van der Waals surface area contributed by atoms with Crippen LogP contribution in [0.1, 0.15) is 23.2 Å². The highest BCUT2D eigenvalue weighted by atomic mass is 16.5. The number of carbonyl (C=O) groups excluding carboxylic acids is 1. The summed E-state index contributed by atoms with van der Waals surface area (Å²) in [7, 11) is 1.55. The van der Waals surface area contributed by atoms with Crippen LogP contribution in [0.4, 0.5) is 0 Å². The molecule has 1 atom stereocenters. The predicted octanol–water partition coefficient (Wildman–Crippen LogP) is 1.63. The van der Waals surface area contributed by atoms with E-state index in [1.165, 1.54) is 0 Å². The van der Waals surface area contributed by atoms with Gasteiger partial charge in [-0.3, -0.25) is 9.59 Å². The van der Waals surface area contributed by atoms with Gasteiger partial charge in [0, 0.05) is 18.7 Å². The van der Waals surface area contributed by atoms with Gasteiger partial charge in [0.1, 0.15) is 5.75 Å². The molecule has 1 aromatic carbocycles. The Balaban J connectivity index is 2.12. The van der Waals surface area contributed by atoms with Gasteiger partial charge in [-0.05, 0) is 31.0 Å². The molecule has 1 N–H and O–H groups in total. The Kier molecular flexibility index (Phi) is 4.04. The van der Waals surface area contributed by atoms with E-state index in [0.717, 1.165) is 6.42 Å². The molecule has 5 nitrogen and oxygen atoms in total. The smallest absolute Gasteiger partial charge is 0.308 e. The zero-order chi connectivity index (χ0) is 13.8. The zero-order valence-electron chi connectivity index (χ0n) is 10.8. The number of hydrogen-bond acceptors (Lipinski definition) is 3. The summed E-state index contributed by atoms with van der Waals surface area (Å²) in [5.41, 5.74) is 0.533. The predicted molar refractivity (Wildman–Crippen MR) is 69.3 cm³/mol. The van der Waals surface area contributed by atoms with Crippen molar-refractivity contribution in [3.63, 3.8) is 0 Å². The van der Waals surface area contributed by atoms with Crippen molar-refractivity contribution in [1.82, 2.24) is 4.90 Å². The highest BCUT2D eigenvalue weighted by Gasteiger charge is 2.28. The van der Waals surface area contributed by atoms with E-state index in [4.69, 9.17) is 9.84 Å². The third-order valence-corrected chi connectivity index (χ3v) is 3.37. The summed E-state index contributed by atoms with van der Waals surface area (Å²) < 4.78 is 5.09. The minimum Gasteiger partial charge on any atom is -0.497 e. The van der Waals surface area contributed by atoms with Crippen molar-refractivity contribution in [2.75, 3.05) is 20.2 Å². The van der Waals surface area contributed by atoms with E-state index in [9.17, 15) is 9.59 Å². The molecule has 0 spiro atoms. The van der Waals surface area contributed by atoms with E-state index in [2.05, 4.69) is 0 Å². The molecule has 19 heavy (non-hydrogen) atoms. The lowest BCUT2D eigenvalue weighted by Crippen LogP contribution is -2.42. The summed E-state index contributed by atoms with van der Waals surface area (Å²) in [6, 6.07) is 6.92. The largest absolute Gasteiger partial charge is 0.497 e. The maximum atomic E-state index is 12.3. The number of likely N-dealkylation sites (tertiary alicyclic amines) is 1. The number of carbonyl (C=O) groups is 2. The minimum absolute atomic E-state index is 0.134. The normalized spacial score (nSPS) is 19.0. The molecule has 1 amide bonds. The van der Waals surface area contributed by atoms with Gasteiger partial charge < -0.3 is 14.7 Å². The van der Waals surface area contributed by atoms with Gasteiger partial charge in [0.05, 0.1) is 13.0 Å². The van der Waals surface area contributed by atoms with Crippen molar-refractivity contribution in [3.8, 4) is 5.75 Å². The van der Waals surface area contributed by atoms with Crippen LogP contribution in [-0.2, 0) is 4.79 Å². The van der Waals surface area contributed by atoms with Crippen LogP contribution in [0.3, 0.4) is 0 Å². The van der Waals surface area contributed by atoms with Crippen LogP contribution < -0.4 is 4.74 Å². The van der Waals surface area contributed by atoms with E-state index >= 15 is 0 Å². The molecule has 1 aromatic rings. The molecule has 1 heterocycles. The van der Waals surface area contributed by atoms with E-state index in [1.807, 2.05) is 0 Å². The van der Waals surface area contributed by atoms with Crippen LogP contribution in [-0.4, -0.2) is 42.1 Å². The van der Waals surface area contributed by atoms with Gasteiger partial charge in [0.2, 0.25) is 0 Å². The topological polar surface area (TPSA) is 66.8 Å². The SMILES string of the molecule is COc1cccc(C(=O)N2CCCC(C(=O)O)C2)c1. The summed E-state index contributed by atoms with van der Waals surface area (Å²) in [5, 5.41) is 9.03. The number of aliphatic carboxylic acids is 1. The van der Waals surface area contributed by atoms with Crippen molar-refractivity contribution >= 4 is 11.9 Å². The number of nitrogens with zero attached hydrogens (tertiary/aromatic N) is 1. The van der Waals surface area contributed by atoms with E-state index in [0.29, 0.717) is 24.3 Å². The van der Waals surface area contributed by atoms with Gasteiger partial charge >= 0.3 is 5.97 Å². The average Bonchev–Trinajstić information content (AvgIpc) is 2.46. The summed E-state index contributed by atoms with van der Waals surface area (Å²) in [6.45, 7) is 0.894. The fourth-order valence-electron chi connectivity index (χ4n) is 2.30. The summed E-state index contributed by atoms with van der Waals surface area (Å²) in [4.78, 5) is 24.9. The zero-order valence-corrected chi connectivity index (χ0v) is 10.8. The van der Waals surface area contributed by atoms with Gasteiger partial charge in [0.25, 0.3) is 5.91 Å². The van der Waals surface area contributed by atoms with Crippen LogP contribution in [0.15, 0.2) is 24.3 Å². The van der Waals surface area contributed by atoms with Crippen molar-refractivity contribution in [3.05, 3.63) is 29.8 Å². The van der Waals surface area contributed by atoms with Gasteiger partial charge in [-0.15, -0.1) is 0 Å². The van der Waals surface area contributed by atoms with Gasteiger partial charge in [-0.25, -0.2) is 0 Å². The molecule has 0 bridgehead atoms. The van der Waals surface area contributed by atoms with E-state index < -0.39 is 11.9 Å². The lowest BCUT2D eigenvalue weighted by Gasteiger charge is -2.30. The van der Waals surface area contributed by atoms with Crippen LogP contribution in [0.5, 0.6) is 5.75 Å². The first-order valence-corrected chi connectivity index (χ1v) is 6.28. The second-order valence-electron chi connectivity index (χ2n) is 4.66. The van der Waals surface area contributed by atoms with Crippen molar-refractivity contribution < 1.29 is 19.4 Å². The number of piperidine rings is 1. The number of benzene rings is 1. The van der Waals surface area contributed by atoms with Crippen LogP contribution in [0, 0.1) is 5.92 Å². The molecule has 0 aromatic heterocycles. The van der Waals surface area contributed by atoms with E-state index in [-0.39, 0.29) is 12.5 Å². The molecule has 0 radical (unpaired) electrons. The highest BCUT2D eigenvalue weighted by molar-refractivity contribution is 5.95. The lowest BCUT2D eigenvalue weighted by atomic mass is 9.97. The number of methoxy groups -OCH3 is 1. The first kappa shape index (κ1) is 13.4. The average molecular weight is 263 g/mol. The Hall–Kier alpha value is -2.04. The Morgan fingerprint density at radius 3 is 2.89 bits per heavy atom. The molecular formula is C14H17NO4. The minimum atomic E-state index is -0.830. The fraction of sp³-hybridized carbons (Fsp3) is 0.429. The maximum absolute atomic E-state index is 12.3. The monoisotopic (exact) mass is 263 g/mol. The molecule has 1 aliphatic heterocycles. The van der Waals surface area contributed by atoms with E-state index in [1.54, 1.807) is 36.3 Å². The van der Waals surface area contributed by atoms with Crippen molar-refractivity contribution in [2.45, 2.75) is 12.8 Å². The molecule has 1 aliphatic rings. The standard InChI is InChI=1S/C14H17NO4/c1-19-12-6-2-4-10(8-12)13(16)15-7-3-5-11(9-15)14(17)18/h2,4,6,8,11H,3,5,7,9H2,1H3,(H,17,18). The molecular weight excluding hydrogens is 246 g/mol. The molecule has 1 saturated heterocycles. The number of hydrogen-bond donors (Lipinski definition) is 1. The van der Waals surface area contributed by atoms with Gasteiger partial charge in [-0.1, -0.05) is 6.07 Å². The quantitative estimate of drug-likeness (QED) is 0.900. The molecule has 1 fully saturated rings. The lowest BCUT2D eigenvalue weighted by molar-refractivity contribution is -0.143. The summed E-state index contributed by atoms with van der Waals surface area (Å²) in [5.74, 6) is -0.797. The Morgan fingerprint density at radius 2 is 2.21 bits per heavy atom. The Morgan fingerprint density at radius 1 is 1.42 bits per heavy atom. The number of rotatable bonds is 3. The van der Waals surface area contributed by atoms with Crippen LogP contribution in [0.2, 0.25) is 0 Å². The number of ether oxygens (including phenoxy) is 1. The van der Waals surface area contributed by atoms with Gasteiger partial charge in [0.15, 0.2) is 0 Å². The summed E-state index contributed by atoms with van der Waals surface area (Å²) in [6.07, 6.45) is 1.36. The van der Waals surface area contributed by atoms with Gasteiger partial charge in [-0.2, -0.15) is 0 Å². The Labute approximate surface area is 111 Å². The first-order valence-electron chi connectivity index (χ1n) is 6.28.